The van der Waals surface area contributed by atoms with Gasteiger partial charge < -0.3 is 15.0 Å². The van der Waals surface area contributed by atoms with Crippen molar-refractivity contribution >= 4 is 11.8 Å². The van der Waals surface area contributed by atoms with Crippen molar-refractivity contribution in [2.75, 3.05) is 19.7 Å². The fraction of sp³-hybridized carbons (Fsp3) is 0.846. The summed E-state index contributed by atoms with van der Waals surface area (Å²) in [6.45, 7) is 7.29. The fourth-order valence-corrected chi connectivity index (χ4v) is 2.12. The Bertz CT molecular complexity index is 286. The SMILES string of the molecule is CC(=O)N(CCC(=O)NCC1CCCO1)C(C)C. The molecule has 0 radical (unpaired) electrons. The van der Waals surface area contributed by atoms with E-state index in [1.165, 1.54) is 6.92 Å². The first-order chi connectivity index (χ1) is 8.50. The molecule has 0 bridgehead atoms. The number of amides is 2. The van der Waals surface area contributed by atoms with E-state index in [4.69, 9.17) is 4.74 Å². The Kier molecular flexibility index (Phi) is 6.12. The summed E-state index contributed by atoms with van der Waals surface area (Å²) in [6.07, 6.45) is 2.62. The van der Waals surface area contributed by atoms with Crippen LogP contribution < -0.4 is 5.32 Å². The Labute approximate surface area is 109 Å². The summed E-state index contributed by atoms with van der Waals surface area (Å²) in [4.78, 5) is 24.7. The molecule has 1 atom stereocenters. The summed E-state index contributed by atoms with van der Waals surface area (Å²) in [7, 11) is 0. The fourth-order valence-electron chi connectivity index (χ4n) is 2.12. The number of carbonyl (C=O) groups is 2. The predicted molar refractivity (Wildman–Crippen MR) is 69.1 cm³/mol. The van der Waals surface area contributed by atoms with E-state index >= 15 is 0 Å². The second-order valence-corrected chi connectivity index (χ2v) is 5.00. The lowest BCUT2D eigenvalue weighted by Gasteiger charge is -2.25. The molecule has 1 rings (SSSR count). The van der Waals surface area contributed by atoms with Gasteiger partial charge in [-0.3, -0.25) is 9.59 Å². The molecule has 2 amide bonds. The molecule has 1 fully saturated rings. The molecule has 0 aromatic carbocycles. The third-order valence-electron chi connectivity index (χ3n) is 3.16. The van der Waals surface area contributed by atoms with E-state index < -0.39 is 0 Å². The minimum Gasteiger partial charge on any atom is -0.376 e. The number of hydrogen-bond donors (Lipinski definition) is 1. The number of carbonyl (C=O) groups excluding carboxylic acids is 2. The van der Waals surface area contributed by atoms with Gasteiger partial charge in [0.2, 0.25) is 11.8 Å². The molecule has 1 N–H and O–H groups in total. The maximum Gasteiger partial charge on any atom is 0.221 e. The third kappa shape index (κ3) is 5.04. The van der Waals surface area contributed by atoms with Crippen molar-refractivity contribution in [3.8, 4) is 0 Å². The Morgan fingerprint density at radius 1 is 1.44 bits per heavy atom. The van der Waals surface area contributed by atoms with Gasteiger partial charge in [-0.1, -0.05) is 0 Å². The molecule has 0 aliphatic carbocycles. The van der Waals surface area contributed by atoms with Gasteiger partial charge in [-0.25, -0.2) is 0 Å². The number of nitrogens with zero attached hydrogens (tertiary/aromatic N) is 1. The van der Waals surface area contributed by atoms with Gasteiger partial charge in [-0.15, -0.1) is 0 Å². The van der Waals surface area contributed by atoms with Crippen LogP contribution in [0.4, 0.5) is 0 Å². The van der Waals surface area contributed by atoms with Crippen molar-refractivity contribution in [1.29, 1.82) is 0 Å². The third-order valence-corrected chi connectivity index (χ3v) is 3.16. The molecule has 1 heterocycles. The van der Waals surface area contributed by atoms with Crippen LogP contribution in [0.25, 0.3) is 0 Å². The van der Waals surface area contributed by atoms with Crippen LogP contribution in [0, 0.1) is 0 Å². The molecule has 0 aromatic heterocycles. The highest BCUT2D eigenvalue weighted by molar-refractivity contribution is 5.78. The first-order valence-corrected chi connectivity index (χ1v) is 6.66. The van der Waals surface area contributed by atoms with E-state index in [0.717, 1.165) is 19.4 Å². The van der Waals surface area contributed by atoms with E-state index in [1.807, 2.05) is 13.8 Å². The zero-order valence-electron chi connectivity index (χ0n) is 11.6. The average molecular weight is 256 g/mol. The Morgan fingerprint density at radius 3 is 2.67 bits per heavy atom. The van der Waals surface area contributed by atoms with Crippen molar-refractivity contribution in [1.82, 2.24) is 10.2 Å². The minimum atomic E-state index is -0.0163. The maximum absolute atomic E-state index is 11.6. The van der Waals surface area contributed by atoms with Crippen LogP contribution in [0.1, 0.15) is 40.0 Å². The molecular formula is C13H24N2O3. The Balaban J connectivity index is 2.20. The molecular weight excluding hydrogens is 232 g/mol. The van der Waals surface area contributed by atoms with Gasteiger partial charge in [-0.05, 0) is 26.7 Å². The van der Waals surface area contributed by atoms with Crippen LogP contribution in [0.5, 0.6) is 0 Å². The quantitative estimate of drug-likeness (QED) is 0.769. The number of ether oxygens (including phenoxy) is 1. The summed E-state index contributed by atoms with van der Waals surface area (Å²) in [6, 6.07) is 0.133. The van der Waals surface area contributed by atoms with Gasteiger partial charge in [0.1, 0.15) is 0 Å². The zero-order chi connectivity index (χ0) is 13.5. The largest absolute Gasteiger partial charge is 0.376 e. The van der Waals surface area contributed by atoms with Gasteiger partial charge in [0.15, 0.2) is 0 Å². The zero-order valence-corrected chi connectivity index (χ0v) is 11.6. The molecule has 1 aliphatic rings. The highest BCUT2D eigenvalue weighted by Crippen LogP contribution is 2.10. The second kappa shape index (κ2) is 7.36. The van der Waals surface area contributed by atoms with Gasteiger partial charge in [0.05, 0.1) is 6.10 Å². The lowest BCUT2D eigenvalue weighted by molar-refractivity contribution is -0.131. The summed E-state index contributed by atoms with van der Waals surface area (Å²) < 4.78 is 5.43. The molecule has 18 heavy (non-hydrogen) atoms. The predicted octanol–water partition coefficient (Wildman–Crippen LogP) is 0.929. The molecule has 5 nitrogen and oxygen atoms in total. The highest BCUT2D eigenvalue weighted by atomic mass is 16.5. The van der Waals surface area contributed by atoms with Gasteiger partial charge >= 0.3 is 0 Å². The molecule has 1 saturated heterocycles. The summed E-state index contributed by atoms with van der Waals surface area (Å²) >= 11 is 0. The van der Waals surface area contributed by atoms with Crippen LogP contribution in [0.3, 0.4) is 0 Å². The monoisotopic (exact) mass is 256 g/mol. The number of hydrogen-bond acceptors (Lipinski definition) is 3. The highest BCUT2D eigenvalue weighted by Gasteiger charge is 2.17. The van der Waals surface area contributed by atoms with E-state index in [1.54, 1.807) is 4.90 Å². The lowest BCUT2D eigenvalue weighted by Crippen LogP contribution is -2.39. The first kappa shape index (κ1) is 15.0. The minimum absolute atomic E-state index is 0.0110. The van der Waals surface area contributed by atoms with Crippen LogP contribution in [0.15, 0.2) is 0 Å². The van der Waals surface area contributed by atoms with E-state index in [-0.39, 0.29) is 24.0 Å². The molecule has 0 saturated carbocycles. The van der Waals surface area contributed by atoms with E-state index in [2.05, 4.69) is 5.32 Å². The van der Waals surface area contributed by atoms with E-state index in [9.17, 15) is 9.59 Å². The van der Waals surface area contributed by atoms with Gasteiger partial charge in [0.25, 0.3) is 0 Å². The lowest BCUT2D eigenvalue weighted by atomic mass is 10.2. The molecule has 1 unspecified atom stereocenters. The van der Waals surface area contributed by atoms with Gasteiger partial charge in [0, 0.05) is 39.1 Å². The average Bonchev–Trinajstić information content (AvgIpc) is 2.78. The Hall–Kier alpha value is -1.10. The Morgan fingerprint density at radius 2 is 2.17 bits per heavy atom. The smallest absolute Gasteiger partial charge is 0.221 e. The van der Waals surface area contributed by atoms with Crippen LogP contribution in [0.2, 0.25) is 0 Å². The van der Waals surface area contributed by atoms with Crippen molar-refractivity contribution < 1.29 is 14.3 Å². The van der Waals surface area contributed by atoms with Crippen molar-refractivity contribution in [2.24, 2.45) is 0 Å². The molecule has 0 spiro atoms. The first-order valence-electron chi connectivity index (χ1n) is 6.66. The van der Waals surface area contributed by atoms with Crippen LogP contribution >= 0.6 is 0 Å². The van der Waals surface area contributed by atoms with Crippen molar-refractivity contribution in [3.63, 3.8) is 0 Å². The molecule has 0 aromatic rings. The number of rotatable bonds is 6. The summed E-state index contributed by atoms with van der Waals surface area (Å²) in [5.41, 5.74) is 0. The van der Waals surface area contributed by atoms with Gasteiger partial charge in [-0.2, -0.15) is 0 Å². The van der Waals surface area contributed by atoms with Crippen molar-refractivity contribution in [3.05, 3.63) is 0 Å². The number of nitrogens with one attached hydrogen (secondary N) is 1. The van der Waals surface area contributed by atoms with Crippen molar-refractivity contribution in [2.45, 2.75) is 52.2 Å². The molecule has 5 heteroatoms. The summed E-state index contributed by atoms with van der Waals surface area (Å²) in [5, 5.41) is 2.86. The second-order valence-electron chi connectivity index (χ2n) is 5.00. The summed E-state index contributed by atoms with van der Waals surface area (Å²) in [5.74, 6) is -0.00525. The maximum atomic E-state index is 11.6. The topological polar surface area (TPSA) is 58.6 Å². The van der Waals surface area contributed by atoms with Crippen LogP contribution in [-0.4, -0.2) is 48.6 Å². The molecule has 104 valence electrons. The normalized spacial score (nSPS) is 19.0. The molecule has 1 aliphatic heterocycles. The standard InChI is InChI=1S/C13H24N2O3/c1-10(2)15(11(3)16)7-6-13(17)14-9-12-5-4-8-18-12/h10,12H,4-9H2,1-3H3,(H,14,17). The van der Waals surface area contributed by atoms with Crippen LogP contribution in [-0.2, 0) is 14.3 Å². The van der Waals surface area contributed by atoms with E-state index in [0.29, 0.717) is 19.5 Å².